The van der Waals surface area contributed by atoms with E-state index < -0.39 is 6.03 Å². The van der Waals surface area contributed by atoms with Crippen molar-refractivity contribution in [1.82, 2.24) is 20.1 Å². The van der Waals surface area contributed by atoms with E-state index in [2.05, 4.69) is 25.5 Å². The van der Waals surface area contributed by atoms with Gasteiger partial charge in [0.05, 0.1) is 12.4 Å². The summed E-state index contributed by atoms with van der Waals surface area (Å²) in [4.78, 5) is 36.1. The lowest BCUT2D eigenvalue weighted by molar-refractivity contribution is 0.0890. The summed E-state index contributed by atoms with van der Waals surface area (Å²) in [6, 6.07) is 5.33. The number of hydrogen-bond donors (Lipinski definition) is 3. The van der Waals surface area contributed by atoms with Crippen molar-refractivity contribution in [3.8, 4) is 0 Å². The highest BCUT2D eigenvalue weighted by Gasteiger charge is 2.19. The summed E-state index contributed by atoms with van der Waals surface area (Å²) in [6.45, 7) is 5.58. The smallest absolute Gasteiger partial charge is 0.314 e. The molecule has 4 N–H and O–H groups in total. The Hall–Kier alpha value is -3.24. The van der Waals surface area contributed by atoms with Gasteiger partial charge in [-0.25, -0.2) is 9.78 Å². The first-order chi connectivity index (χ1) is 16.0. The Balaban J connectivity index is 1.50. The predicted molar refractivity (Wildman–Crippen MR) is 133 cm³/mol. The van der Waals surface area contributed by atoms with Crippen molar-refractivity contribution >= 4 is 34.6 Å². The van der Waals surface area contributed by atoms with E-state index in [1.807, 2.05) is 42.7 Å². The number of thiazole rings is 1. The van der Waals surface area contributed by atoms with Crippen LogP contribution in [0.5, 0.6) is 0 Å². The topological polar surface area (TPSA) is 116 Å². The second-order valence-corrected chi connectivity index (χ2v) is 8.64. The maximum absolute atomic E-state index is 12.7. The maximum Gasteiger partial charge on any atom is 0.314 e. The van der Waals surface area contributed by atoms with Crippen molar-refractivity contribution in [1.29, 1.82) is 0 Å². The minimum atomic E-state index is -0.396. The number of piperazine rings is 1. The third-order valence-corrected chi connectivity index (χ3v) is 6.29. The van der Waals surface area contributed by atoms with Crippen LogP contribution in [0, 0.1) is 6.92 Å². The molecule has 1 saturated heterocycles. The molecule has 0 unspecified atom stereocenters. The zero-order valence-corrected chi connectivity index (χ0v) is 19.9. The molecule has 2 heterocycles. The molecular formula is C23H31N7O2S. The number of carbonyl (C=O) groups is 2. The first kappa shape index (κ1) is 24.4. The Bertz CT molecular complexity index is 1010. The lowest BCUT2D eigenvalue weighted by Gasteiger charge is -2.33. The summed E-state index contributed by atoms with van der Waals surface area (Å²) in [6.07, 6.45) is 6.45. The molecule has 1 aromatic heterocycles. The van der Waals surface area contributed by atoms with Crippen LogP contribution in [-0.4, -0.2) is 72.8 Å². The second kappa shape index (κ2) is 12.1. The molecule has 1 fully saturated rings. The molecule has 0 radical (unpaired) electrons. The lowest BCUT2D eigenvalue weighted by atomic mass is 10.0. The number of anilines is 1. The van der Waals surface area contributed by atoms with Gasteiger partial charge in [0.25, 0.3) is 5.91 Å². The van der Waals surface area contributed by atoms with E-state index in [1.165, 1.54) is 0 Å². The van der Waals surface area contributed by atoms with Crippen molar-refractivity contribution in [3.63, 3.8) is 0 Å². The van der Waals surface area contributed by atoms with Crippen molar-refractivity contribution in [2.24, 2.45) is 10.7 Å². The van der Waals surface area contributed by atoms with Gasteiger partial charge in [0.2, 0.25) is 0 Å². The number of nitrogens with two attached hydrogens (primary N) is 1. The number of urea groups is 1. The van der Waals surface area contributed by atoms with Crippen LogP contribution >= 0.6 is 11.3 Å². The van der Waals surface area contributed by atoms with Crippen LogP contribution < -0.4 is 16.4 Å². The number of nitrogens with one attached hydrogen (secondary N) is 2. The summed E-state index contributed by atoms with van der Waals surface area (Å²) >= 11 is 1.57. The third kappa shape index (κ3) is 7.40. The fourth-order valence-electron chi connectivity index (χ4n) is 3.40. The van der Waals surface area contributed by atoms with Gasteiger partial charge >= 0.3 is 6.03 Å². The van der Waals surface area contributed by atoms with E-state index in [-0.39, 0.29) is 5.91 Å². The molecule has 0 aliphatic carbocycles. The second-order valence-electron chi connectivity index (χ2n) is 7.79. The van der Waals surface area contributed by atoms with E-state index >= 15 is 0 Å². The van der Waals surface area contributed by atoms with Gasteiger partial charge in [0.1, 0.15) is 0 Å². The molecule has 3 amide bonds. The Morgan fingerprint density at radius 3 is 2.79 bits per heavy atom. The van der Waals surface area contributed by atoms with Crippen LogP contribution in [0.1, 0.15) is 27.2 Å². The molecular weight excluding hydrogens is 438 g/mol. The number of primary amides is 1. The molecule has 1 aliphatic heterocycles. The largest absolute Gasteiger partial charge is 0.357 e. The molecule has 0 spiro atoms. The number of allylic oxidation sites excluding steroid dienone is 2. The number of aliphatic imine (C=N–C) groups is 1. The standard InChI is InChI=1S/C23H31N7O2S/c1-17-6-7-18(21(31)27-16-29-9-11-30(12-10-29)22(24)32)13-19(17)14-26-23-28-20(15-33-23)5-3-4-8-25-2/h3-4,6-8,13,15H,5,9-12,14,16H2,1-2H3,(H2,24,32)(H,26,28)(H,27,31)/b4-3-,25-8?. The van der Waals surface area contributed by atoms with Crippen molar-refractivity contribution in [2.75, 3.05) is 45.2 Å². The van der Waals surface area contributed by atoms with Crippen molar-refractivity contribution in [2.45, 2.75) is 19.9 Å². The van der Waals surface area contributed by atoms with Crippen LogP contribution in [0.3, 0.4) is 0 Å². The summed E-state index contributed by atoms with van der Waals surface area (Å²) in [7, 11) is 1.74. The fraction of sp³-hybridized carbons (Fsp3) is 0.391. The summed E-state index contributed by atoms with van der Waals surface area (Å²) < 4.78 is 0. The molecule has 0 saturated carbocycles. The number of benzene rings is 1. The van der Waals surface area contributed by atoms with Crippen molar-refractivity contribution in [3.05, 3.63) is 58.1 Å². The van der Waals surface area contributed by atoms with E-state index in [4.69, 9.17) is 5.73 Å². The highest BCUT2D eigenvalue weighted by atomic mass is 32.1. The van der Waals surface area contributed by atoms with Crippen LogP contribution in [0.4, 0.5) is 9.93 Å². The third-order valence-electron chi connectivity index (χ3n) is 5.44. The Morgan fingerprint density at radius 2 is 2.06 bits per heavy atom. The monoisotopic (exact) mass is 469 g/mol. The van der Waals surface area contributed by atoms with Crippen LogP contribution in [0.15, 0.2) is 40.7 Å². The fourth-order valence-corrected chi connectivity index (χ4v) is 4.13. The normalized spacial score (nSPS) is 14.8. The zero-order valence-electron chi connectivity index (χ0n) is 19.1. The Kier molecular flexibility index (Phi) is 8.96. The SMILES string of the molecule is CN=C/C=C\Cc1csc(NCc2cc(C(=O)NCN3CCN(C(N)=O)CC3)ccc2C)n1. The van der Waals surface area contributed by atoms with Gasteiger partial charge < -0.3 is 21.3 Å². The van der Waals surface area contributed by atoms with Gasteiger partial charge in [0, 0.05) is 63.4 Å². The minimum Gasteiger partial charge on any atom is -0.357 e. The molecule has 0 atom stereocenters. The van der Waals surface area contributed by atoms with Gasteiger partial charge in [-0.3, -0.25) is 14.7 Å². The first-order valence-corrected chi connectivity index (χ1v) is 11.7. The van der Waals surface area contributed by atoms with E-state index in [0.29, 0.717) is 45.0 Å². The zero-order chi connectivity index (χ0) is 23.6. The quantitative estimate of drug-likeness (QED) is 0.487. The van der Waals surface area contributed by atoms with Gasteiger partial charge in [-0.05, 0) is 36.3 Å². The number of hydrogen-bond acceptors (Lipinski definition) is 7. The summed E-state index contributed by atoms with van der Waals surface area (Å²) in [5, 5.41) is 9.22. The van der Waals surface area contributed by atoms with Gasteiger partial charge in [-0.1, -0.05) is 12.1 Å². The van der Waals surface area contributed by atoms with Crippen LogP contribution in [-0.2, 0) is 13.0 Å². The summed E-state index contributed by atoms with van der Waals surface area (Å²) in [5.41, 5.74) is 9.10. The number of rotatable bonds is 9. The highest BCUT2D eigenvalue weighted by Crippen LogP contribution is 2.19. The summed E-state index contributed by atoms with van der Waals surface area (Å²) in [5.74, 6) is -0.118. The molecule has 33 heavy (non-hydrogen) atoms. The Morgan fingerprint density at radius 1 is 1.27 bits per heavy atom. The van der Waals surface area contributed by atoms with Crippen LogP contribution in [0.2, 0.25) is 0 Å². The highest BCUT2D eigenvalue weighted by molar-refractivity contribution is 7.13. The molecule has 9 nitrogen and oxygen atoms in total. The molecule has 3 rings (SSSR count). The van der Waals surface area contributed by atoms with Gasteiger partial charge in [-0.15, -0.1) is 11.3 Å². The molecule has 1 aromatic carbocycles. The number of amides is 3. The van der Waals surface area contributed by atoms with Crippen LogP contribution in [0.25, 0.3) is 0 Å². The van der Waals surface area contributed by atoms with Gasteiger partial charge in [-0.2, -0.15) is 0 Å². The number of aromatic nitrogens is 1. The average Bonchev–Trinajstić information content (AvgIpc) is 3.27. The van der Waals surface area contributed by atoms with E-state index in [9.17, 15) is 9.59 Å². The van der Waals surface area contributed by atoms with Crippen molar-refractivity contribution < 1.29 is 9.59 Å². The molecule has 10 heteroatoms. The molecule has 176 valence electrons. The Labute approximate surface area is 198 Å². The van der Waals surface area contributed by atoms with E-state index in [1.54, 1.807) is 29.5 Å². The first-order valence-electron chi connectivity index (χ1n) is 10.9. The number of carbonyl (C=O) groups excluding carboxylic acids is 2. The predicted octanol–water partition coefficient (Wildman–Crippen LogP) is 2.25. The molecule has 0 bridgehead atoms. The number of nitrogens with zero attached hydrogens (tertiary/aromatic N) is 4. The van der Waals surface area contributed by atoms with Gasteiger partial charge in [0.15, 0.2) is 5.13 Å². The minimum absolute atomic E-state index is 0.118. The molecule has 2 aromatic rings. The average molecular weight is 470 g/mol. The molecule has 1 aliphatic rings. The number of aryl methyl sites for hydroxylation is 1. The van der Waals surface area contributed by atoms with E-state index in [0.717, 1.165) is 28.4 Å². The lowest BCUT2D eigenvalue weighted by Crippen LogP contribution is -2.52. The maximum atomic E-state index is 12.7.